The van der Waals surface area contributed by atoms with Crippen molar-refractivity contribution in [2.24, 2.45) is 0 Å². The number of hydrogen-bond donors (Lipinski definition) is 1. The average Bonchev–Trinajstić information content (AvgIpc) is 3.89. The summed E-state index contributed by atoms with van der Waals surface area (Å²) in [6.07, 6.45) is 0.942. The number of likely N-dealkylation sites (N-methyl/N-ethyl adjacent to an activating group) is 2. The molecule has 2 aromatic heterocycles. The molecular weight excluding hydrogens is 950 g/mol. The van der Waals surface area contributed by atoms with Gasteiger partial charge in [0.25, 0.3) is 0 Å². The van der Waals surface area contributed by atoms with Crippen LogP contribution in [-0.4, -0.2) is 101 Å². The molecular formula is C51H46Cl2F2N6O5S2. The fraction of sp³-hybridized carbons (Fsp3) is 0.255. The second kappa shape index (κ2) is 18.3. The molecule has 11 nitrogen and oxygen atoms in total. The van der Waals surface area contributed by atoms with E-state index in [9.17, 15) is 14.7 Å². The minimum atomic E-state index is -0.553. The SMILES string of the molecule is C=CC(=O)N(C)C1CN(c2snc3c(F)c(-c4cc(O)cc5ccccc45)c(Cl)cc23)C1.COc1cc(-c2c(Cl)cc3c(N4CC(N(C)C(=O)OC(C)(C)C)C4)snc3c2F)c2ccccc2c1. The van der Waals surface area contributed by atoms with Crippen molar-refractivity contribution in [2.45, 2.75) is 38.5 Å². The van der Waals surface area contributed by atoms with Gasteiger partial charge in [-0.1, -0.05) is 78.3 Å². The van der Waals surface area contributed by atoms with Crippen molar-refractivity contribution in [2.75, 3.05) is 57.2 Å². The number of carbonyl (C=O) groups excluding carboxylic acids is 2. The number of carbonyl (C=O) groups is 2. The van der Waals surface area contributed by atoms with Crippen LogP contribution in [0.4, 0.5) is 23.6 Å². The first-order valence-electron chi connectivity index (χ1n) is 21.6. The molecule has 2 saturated heterocycles. The molecule has 2 fully saturated rings. The Morgan fingerprint density at radius 2 is 1.22 bits per heavy atom. The number of ether oxygens (including phenoxy) is 2. The van der Waals surface area contributed by atoms with Crippen molar-refractivity contribution in [3.63, 3.8) is 0 Å². The Balaban J connectivity index is 0.000000171. The van der Waals surface area contributed by atoms with Gasteiger partial charge >= 0.3 is 6.09 Å². The summed E-state index contributed by atoms with van der Waals surface area (Å²) in [6.45, 7) is 11.5. The Kier molecular flexibility index (Phi) is 12.6. The van der Waals surface area contributed by atoms with E-state index >= 15 is 8.78 Å². The van der Waals surface area contributed by atoms with Crippen LogP contribution in [0.5, 0.6) is 11.5 Å². The van der Waals surface area contributed by atoms with Crippen molar-refractivity contribution in [1.29, 1.82) is 0 Å². The fourth-order valence-corrected chi connectivity index (χ4v) is 10.9. The zero-order valence-corrected chi connectivity index (χ0v) is 41.1. The highest BCUT2D eigenvalue weighted by atomic mass is 35.5. The average molecular weight is 996 g/mol. The Labute approximate surface area is 409 Å². The summed E-state index contributed by atoms with van der Waals surface area (Å²) in [5.41, 5.74) is 1.69. The first kappa shape index (κ1) is 46.8. The minimum Gasteiger partial charge on any atom is -0.508 e. The number of amides is 2. The van der Waals surface area contributed by atoms with Crippen LogP contribution in [0.25, 0.3) is 65.6 Å². The lowest BCUT2D eigenvalue weighted by atomic mass is 9.96. The predicted octanol–water partition coefficient (Wildman–Crippen LogP) is 12.4. The summed E-state index contributed by atoms with van der Waals surface area (Å²) in [5.74, 6) is -0.430. The lowest BCUT2D eigenvalue weighted by molar-refractivity contribution is -0.127. The third-order valence-corrected chi connectivity index (χ3v) is 14.8. The number of benzene rings is 6. The molecule has 0 bridgehead atoms. The fourth-order valence-electron chi connectivity index (χ4n) is 8.60. The normalized spacial score (nSPS) is 14.1. The Hall–Kier alpha value is -6.26. The molecule has 6 aromatic carbocycles. The first-order valence-corrected chi connectivity index (χ1v) is 24.0. The summed E-state index contributed by atoms with van der Waals surface area (Å²) in [5, 5.41) is 17.1. The number of hydrogen-bond acceptors (Lipinski definition) is 11. The van der Waals surface area contributed by atoms with E-state index in [0.717, 1.165) is 31.5 Å². The van der Waals surface area contributed by atoms with Crippen LogP contribution in [0, 0.1) is 11.6 Å². The van der Waals surface area contributed by atoms with E-state index in [-0.39, 0.29) is 51.5 Å². The van der Waals surface area contributed by atoms with Crippen LogP contribution in [0.3, 0.4) is 0 Å². The van der Waals surface area contributed by atoms with Gasteiger partial charge in [-0.2, -0.15) is 8.75 Å². The van der Waals surface area contributed by atoms with Gasteiger partial charge in [-0.15, -0.1) is 0 Å². The molecule has 0 atom stereocenters. The van der Waals surface area contributed by atoms with Gasteiger partial charge in [-0.05, 0) is 119 Å². The molecule has 0 spiro atoms. The maximum absolute atomic E-state index is 16.0. The maximum Gasteiger partial charge on any atom is 0.410 e. The number of phenolic OH excluding ortho intramolecular Hbond substituents is 1. The van der Waals surface area contributed by atoms with Gasteiger partial charge in [0.2, 0.25) is 5.91 Å². The van der Waals surface area contributed by atoms with Gasteiger partial charge < -0.3 is 34.2 Å². The van der Waals surface area contributed by atoms with Gasteiger partial charge in [0, 0.05) is 62.2 Å². The highest BCUT2D eigenvalue weighted by Gasteiger charge is 2.37. The van der Waals surface area contributed by atoms with Gasteiger partial charge in [0.1, 0.15) is 38.1 Å². The molecule has 68 heavy (non-hydrogen) atoms. The highest BCUT2D eigenvalue weighted by Crippen LogP contribution is 2.46. The molecule has 2 aliphatic heterocycles. The molecule has 10 rings (SSSR count). The zero-order valence-electron chi connectivity index (χ0n) is 37.9. The smallest absolute Gasteiger partial charge is 0.410 e. The third-order valence-electron chi connectivity index (χ3n) is 12.3. The first-order chi connectivity index (χ1) is 32.5. The Morgan fingerprint density at radius 1 is 0.750 bits per heavy atom. The summed E-state index contributed by atoms with van der Waals surface area (Å²) in [4.78, 5) is 31.6. The molecule has 0 radical (unpaired) electrons. The van der Waals surface area contributed by atoms with Crippen LogP contribution in [-0.2, 0) is 9.53 Å². The van der Waals surface area contributed by atoms with E-state index in [1.165, 1.54) is 35.2 Å². The number of aromatic hydroxyl groups is 1. The number of rotatable bonds is 8. The topological polar surface area (TPSA) is 112 Å². The summed E-state index contributed by atoms with van der Waals surface area (Å²) in [6, 6.07) is 25.7. The number of methoxy groups -OCH3 is 1. The third kappa shape index (κ3) is 8.61. The summed E-state index contributed by atoms with van der Waals surface area (Å²) < 4.78 is 51.5. The summed E-state index contributed by atoms with van der Waals surface area (Å²) >= 11 is 15.8. The summed E-state index contributed by atoms with van der Waals surface area (Å²) in [7, 11) is 5.07. The van der Waals surface area contributed by atoms with Gasteiger partial charge in [-0.25, -0.2) is 13.6 Å². The quantitative estimate of drug-likeness (QED) is 0.149. The number of aromatic nitrogens is 2. The van der Waals surface area contributed by atoms with Crippen molar-refractivity contribution in [1.82, 2.24) is 18.5 Å². The zero-order chi connectivity index (χ0) is 48.3. The lowest BCUT2D eigenvalue weighted by Gasteiger charge is -2.44. The Morgan fingerprint density at radius 3 is 1.71 bits per heavy atom. The van der Waals surface area contributed by atoms with Crippen molar-refractivity contribution in [3.8, 4) is 33.8 Å². The van der Waals surface area contributed by atoms with Crippen LogP contribution >= 0.6 is 46.3 Å². The molecule has 2 aliphatic rings. The maximum atomic E-state index is 16.0. The molecule has 8 aromatic rings. The van der Waals surface area contributed by atoms with E-state index in [2.05, 4.69) is 25.1 Å². The van der Waals surface area contributed by atoms with E-state index in [1.54, 1.807) is 55.3 Å². The van der Waals surface area contributed by atoms with E-state index < -0.39 is 17.2 Å². The van der Waals surface area contributed by atoms with Crippen LogP contribution < -0.4 is 14.5 Å². The van der Waals surface area contributed by atoms with Crippen LogP contribution in [0.2, 0.25) is 10.0 Å². The number of halogens is 4. The molecule has 17 heteroatoms. The standard InChI is InChI=1S/C27H27ClFN3O3S.C24H19ClFN3O2S/c1-27(2,3)35-26(33)31(4)16-13-32(14-16)25-20-12-21(28)22(23(29)24(20)30-36-25)19-11-17(34-5)10-15-8-6-7-9-18(15)19;1-3-20(31)28(2)14-11-29(12-14)24-18-10-19(25)21(22(26)23(18)27-32-24)17-9-15(30)8-13-6-4-5-7-16(13)17/h6-12,16H,13-14H2,1-5H3;3-10,14,30H,1,11-12H2,2H3. The van der Waals surface area contributed by atoms with E-state index in [1.807, 2.05) is 75.4 Å². The highest BCUT2D eigenvalue weighted by molar-refractivity contribution is 7.12. The lowest BCUT2D eigenvalue weighted by Crippen LogP contribution is -2.60. The second-order valence-corrected chi connectivity index (χ2v) is 20.2. The predicted molar refractivity (Wildman–Crippen MR) is 272 cm³/mol. The van der Waals surface area contributed by atoms with Crippen LogP contribution in [0.1, 0.15) is 20.8 Å². The number of anilines is 2. The van der Waals surface area contributed by atoms with E-state index in [4.69, 9.17) is 32.7 Å². The van der Waals surface area contributed by atoms with Crippen molar-refractivity contribution < 1.29 is 33.0 Å². The van der Waals surface area contributed by atoms with Crippen molar-refractivity contribution >= 4 is 112 Å². The molecule has 0 aliphatic carbocycles. The number of fused-ring (bicyclic) bond motifs is 4. The Bertz CT molecular complexity index is 3310. The van der Waals surface area contributed by atoms with Gasteiger partial charge in [0.05, 0.1) is 29.2 Å². The second-order valence-electron chi connectivity index (χ2n) is 17.8. The molecule has 1 N–H and O–H groups in total. The van der Waals surface area contributed by atoms with Crippen LogP contribution in [0.15, 0.2) is 97.6 Å². The monoisotopic (exact) mass is 994 g/mol. The molecule has 4 heterocycles. The molecule has 350 valence electrons. The van der Waals surface area contributed by atoms with Gasteiger partial charge in [-0.3, -0.25) is 4.79 Å². The molecule has 0 saturated carbocycles. The number of nitrogens with zero attached hydrogens (tertiary/aromatic N) is 6. The van der Waals surface area contributed by atoms with Gasteiger partial charge in [0.15, 0.2) is 11.6 Å². The minimum absolute atomic E-state index is 0.000241. The molecule has 0 unspecified atom stereocenters. The van der Waals surface area contributed by atoms with E-state index in [0.29, 0.717) is 64.4 Å². The number of phenols is 1. The molecule has 2 amide bonds. The largest absolute Gasteiger partial charge is 0.508 e. The van der Waals surface area contributed by atoms with Crippen molar-refractivity contribution in [3.05, 3.63) is 119 Å².